The quantitative estimate of drug-likeness (QED) is 0.633. The van der Waals surface area contributed by atoms with Crippen LogP contribution < -0.4 is 0 Å². The van der Waals surface area contributed by atoms with Crippen molar-refractivity contribution in [2.45, 2.75) is 6.92 Å². The summed E-state index contributed by atoms with van der Waals surface area (Å²) in [6.07, 6.45) is 3.77. The average molecular weight is 292 g/mol. The van der Waals surface area contributed by atoms with Crippen LogP contribution in [0.15, 0.2) is 17.7 Å². The van der Waals surface area contributed by atoms with Gasteiger partial charge in [0, 0.05) is 9.96 Å². The molecular formula is C8H9IN2S. The smallest absolute Gasteiger partial charge is 0.125 e. The Bertz CT molecular complexity index is 276. The third-order valence-electron chi connectivity index (χ3n) is 1.20. The van der Waals surface area contributed by atoms with Crippen molar-refractivity contribution in [2.75, 3.05) is 3.76 Å². The van der Waals surface area contributed by atoms with Crippen LogP contribution in [0, 0.1) is 6.92 Å². The molecule has 0 amide bonds. The van der Waals surface area contributed by atoms with Gasteiger partial charge < -0.3 is 0 Å². The topological polar surface area (TPSA) is 25.8 Å². The molecule has 0 fully saturated rings. The van der Waals surface area contributed by atoms with Crippen molar-refractivity contribution in [2.24, 2.45) is 0 Å². The average Bonchev–Trinajstić information content (AvgIpc) is 2.05. The van der Waals surface area contributed by atoms with E-state index >= 15 is 0 Å². The zero-order chi connectivity index (χ0) is 8.81. The third-order valence-corrected chi connectivity index (χ3v) is 2.73. The van der Waals surface area contributed by atoms with Gasteiger partial charge in [-0.1, -0.05) is 22.6 Å². The summed E-state index contributed by atoms with van der Waals surface area (Å²) in [6, 6.07) is 1.90. The number of alkyl halides is 1. The highest BCUT2D eigenvalue weighted by atomic mass is 127. The number of hydrogen-bond acceptors (Lipinski definition) is 3. The Morgan fingerprint density at radius 1 is 1.67 bits per heavy atom. The number of aromatic nitrogens is 2. The minimum absolute atomic E-state index is 0.816. The molecule has 1 aromatic heterocycles. The van der Waals surface area contributed by atoms with Crippen LogP contribution in [0.1, 0.15) is 11.5 Å². The molecule has 0 radical (unpaired) electrons. The number of aryl methyl sites for hydroxylation is 1. The van der Waals surface area contributed by atoms with Gasteiger partial charge in [-0.15, -0.1) is 11.8 Å². The fourth-order valence-electron chi connectivity index (χ4n) is 0.721. The lowest BCUT2D eigenvalue weighted by molar-refractivity contribution is 1.04. The van der Waals surface area contributed by atoms with Crippen LogP contribution >= 0.6 is 34.4 Å². The first-order valence-corrected chi connectivity index (χ1v) is 6.04. The van der Waals surface area contributed by atoms with Crippen LogP contribution in [0.25, 0.3) is 6.08 Å². The summed E-state index contributed by atoms with van der Waals surface area (Å²) in [6.45, 7) is 1.89. The number of thioether (sulfide) groups is 1. The zero-order valence-electron chi connectivity index (χ0n) is 6.70. The van der Waals surface area contributed by atoms with Crippen molar-refractivity contribution in [1.29, 1.82) is 0 Å². The summed E-state index contributed by atoms with van der Waals surface area (Å²) < 4.78 is 1.07. The summed E-state index contributed by atoms with van der Waals surface area (Å²) in [4.78, 5) is 8.25. The molecule has 0 N–H and O–H groups in total. The number of rotatable bonds is 3. The van der Waals surface area contributed by atoms with Gasteiger partial charge in [-0.3, -0.25) is 0 Å². The first-order valence-electron chi connectivity index (χ1n) is 3.46. The van der Waals surface area contributed by atoms with Crippen LogP contribution in [-0.4, -0.2) is 13.7 Å². The molecule has 2 nitrogen and oxygen atoms in total. The number of halogens is 1. The molecule has 0 saturated carbocycles. The van der Waals surface area contributed by atoms with Crippen molar-refractivity contribution < 1.29 is 0 Å². The standard InChI is InChI=1S/C8H9IN2S/c1-7-10-4-2-8(11-7)3-5-12-6-9/h2-5H,6H2,1H3/b5-3+. The van der Waals surface area contributed by atoms with Crippen LogP contribution in [0.3, 0.4) is 0 Å². The van der Waals surface area contributed by atoms with Crippen molar-refractivity contribution in [3.8, 4) is 0 Å². The maximum atomic E-state index is 4.23. The Morgan fingerprint density at radius 3 is 3.17 bits per heavy atom. The Balaban J connectivity index is 2.63. The van der Waals surface area contributed by atoms with E-state index in [1.807, 2.05) is 24.5 Å². The number of nitrogens with zero attached hydrogens (tertiary/aromatic N) is 2. The molecule has 1 aromatic rings. The molecule has 0 aliphatic heterocycles. The van der Waals surface area contributed by atoms with E-state index in [-0.39, 0.29) is 0 Å². The SMILES string of the molecule is Cc1nccc(/C=C/SCI)n1. The Morgan fingerprint density at radius 2 is 2.50 bits per heavy atom. The van der Waals surface area contributed by atoms with Crippen LogP contribution in [0.2, 0.25) is 0 Å². The van der Waals surface area contributed by atoms with E-state index in [1.165, 1.54) is 0 Å². The molecule has 0 bridgehead atoms. The zero-order valence-corrected chi connectivity index (χ0v) is 9.67. The van der Waals surface area contributed by atoms with E-state index < -0.39 is 0 Å². The summed E-state index contributed by atoms with van der Waals surface area (Å²) in [5.41, 5.74) is 0.972. The largest absolute Gasteiger partial charge is 0.242 e. The minimum Gasteiger partial charge on any atom is -0.242 e. The molecule has 0 saturated heterocycles. The molecular weight excluding hydrogens is 283 g/mol. The first-order chi connectivity index (χ1) is 5.83. The van der Waals surface area contributed by atoms with Crippen molar-refractivity contribution in [1.82, 2.24) is 9.97 Å². The van der Waals surface area contributed by atoms with Gasteiger partial charge >= 0.3 is 0 Å². The highest BCUT2D eigenvalue weighted by molar-refractivity contribution is 14.1. The Kier molecular flexibility index (Phi) is 4.60. The van der Waals surface area contributed by atoms with Gasteiger partial charge in [0.2, 0.25) is 0 Å². The van der Waals surface area contributed by atoms with Gasteiger partial charge in [-0.2, -0.15) is 0 Å². The van der Waals surface area contributed by atoms with Gasteiger partial charge in [0.1, 0.15) is 5.82 Å². The van der Waals surface area contributed by atoms with E-state index in [0.29, 0.717) is 0 Å². The molecule has 0 atom stereocenters. The summed E-state index contributed by atoms with van der Waals surface area (Å²) >= 11 is 4.07. The highest BCUT2D eigenvalue weighted by Gasteiger charge is 1.88. The van der Waals surface area contributed by atoms with Gasteiger partial charge in [-0.25, -0.2) is 9.97 Å². The van der Waals surface area contributed by atoms with Gasteiger partial charge in [0.05, 0.1) is 5.69 Å². The van der Waals surface area contributed by atoms with E-state index in [1.54, 1.807) is 18.0 Å². The maximum absolute atomic E-state index is 4.23. The molecule has 1 heterocycles. The van der Waals surface area contributed by atoms with Crippen LogP contribution in [0.4, 0.5) is 0 Å². The lowest BCUT2D eigenvalue weighted by Crippen LogP contribution is -1.87. The van der Waals surface area contributed by atoms with Crippen molar-refractivity contribution >= 4 is 40.4 Å². The molecule has 0 aliphatic rings. The molecule has 12 heavy (non-hydrogen) atoms. The molecule has 1 rings (SSSR count). The Labute approximate surface area is 90.0 Å². The van der Waals surface area contributed by atoms with Crippen molar-refractivity contribution in [3.05, 3.63) is 29.2 Å². The van der Waals surface area contributed by atoms with Crippen LogP contribution in [-0.2, 0) is 0 Å². The Hall–Kier alpha value is -0.100. The molecule has 0 aliphatic carbocycles. The highest BCUT2D eigenvalue weighted by Crippen LogP contribution is 2.08. The van der Waals surface area contributed by atoms with E-state index in [9.17, 15) is 0 Å². The summed E-state index contributed by atoms with van der Waals surface area (Å²) in [5, 5.41) is 2.05. The lowest BCUT2D eigenvalue weighted by atomic mass is 10.4. The molecule has 0 aromatic carbocycles. The molecule has 0 unspecified atom stereocenters. The van der Waals surface area contributed by atoms with E-state index in [2.05, 4.69) is 32.6 Å². The van der Waals surface area contributed by atoms with E-state index in [4.69, 9.17) is 0 Å². The second-order valence-corrected chi connectivity index (χ2v) is 4.80. The predicted octanol–water partition coefficient (Wildman–Crippen LogP) is 2.88. The third kappa shape index (κ3) is 3.53. The number of hydrogen-bond donors (Lipinski definition) is 0. The second-order valence-electron chi connectivity index (χ2n) is 2.11. The molecule has 64 valence electrons. The summed E-state index contributed by atoms with van der Waals surface area (Å²) in [5.74, 6) is 0.816. The molecule has 4 heteroatoms. The fourth-order valence-corrected chi connectivity index (χ4v) is 1.65. The summed E-state index contributed by atoms with van der Waals surface area (Å²) in [7, 11) is 0. The van der Waals surface area contributed by atoms with Crippen LogP contribution in [0.5, 0.6) is 0 Å². The fraction of sp³-hybridized carbons (Fsp3) is 0.250. The second kappa shape index (κ2) is 5.53. The normalized spacial score (nSPS) is 10.8. The van der Waals surface area contributed by atoms with Gasteiger partial charge in [-0.05, 0) is 24.5 Å². The lowest BCUT2D eigenvalue weighted by Gasteiger charge is -1.92. The van der Waals surface area contributed by atoms with Gasteiger partial charge in [0.25, 0.3) is 0 Å². The van der Waals surface area contributed by atoms with E-state index in [0.717, 1.165) is 15.3 Å². The monoisotopic (exact) mass is 292 g/mol. The van der Waals surface area contributed by atoms with Crippen molar-refractivity contribution in [3.63, 3.8) is 0 Å². The first kappa shape index (κ1) is 9.98. The predicted molar refractivity (Wildman–Crippen MR) is 62.3 cm³/mol. The molecule has 0 spiro atoms. The van der Waals surface area contributed by atoms with Gasteiger partial charge in [0.15, 0.2) is 0 Å². The minimum atomic E-state index is 0.816. The maximum Gasteiger partial charge on any atom is 0.125 e.